The Morgan fingerprint density at radius 3 is 2.88 bits per heavy atom. The molecule has 1 N–H and O–H groups in total. The highest BCUT2D eigenvalue weighted by molar-refractivity contribution is 7.15. The van der Waals surface area contributed by atoms with Crippen LogP contribution in [0.1, 0.15) is 17.8 Å². The molecule has 0 saturated heterocycles. The van der Waals surface area contributed by atoms with Crippen LogP contribution < -0.4 is 5.32 Å². The number of benzene rings is 1. The molecule has 0 atom stereocenters. The SMILES string of the molecule is O=C(CCc1csc(-c2ccccc2)n1)NCCc1csc2ncnn12. The minimum Gasteiger partial charge on any atom is -0.356 e. The Labute approximate surface area is 158 Å². The van der Waals surface area contributed by atoms with Crippen LogP contribution in [0.25, 0.3) is 15.5 Å². The van der Waals surface area contributed by atoms with Gasteiger partial charge in [-0.05, 0) is 6.42 Å². The topological polar surface area (TPSA) is 72.2 Å². The van der Waals surface area contributed by atoms with Crippen LogP contribution in [0, 0.1) is 0 Å². The summed E-state index contributed by atoms with van der Waals surface area (Å²) in [5, 5.41) is 12.2. The fraction of sp³-hybridized carbons (Fsp3) is 0.222. The third kappa shape index (κ3) is 3.81. The van der Waals surface area contributed by atoms with Gasteiger partial charge in [0.15, 0.2) is 0 Å². The van der Waals surface area contributed by atoms with Crippen molar-refractivity contribution in [3.63, 3.8) is 0 Å². The zero-order valence-electron chi connectivity index (χ0n) is 14.0. The highest BCUT2D eigenvalue weighted by atomic mass is 32.1. The Kier molecular flexibility index (Phi) is 5.03. The normalized spacial score (nSPS) is 11.1. The van der Waals surface area contributed by atoms with E-state index in [0.717, 1.165) is 33.3 Å². The molecule has 3 heterocycles. The highest BCUT2D eigenvalue weighted by Crippen LogP contribution is 2.23. The van der Waals surface area contributed by atoms with Gasteiger partial charge in [-0.15, -0.1) is 22.7 Å². The number of aryl methyl sites for hydroxylation is 1. The summed E-state index contributed by atoms with van der Waals surface area (Å²) in [5.41, 5.74) is 3.14. The Morgan fingerprint density at radius 1 is 1.12 bits per heavy atom. The van der Waals surface area contributed by atoms with Gasteiger partial charge in [0, 0.05) is 35.7 Å². The summed E-state index contributed by atoms with van der Waals surface area (Å²) in [5.74, 6) is 0.0457. The minimum absolute atomic E-state index is 0.0457. The van der Waals surface area contributed by atoms with Gasteiger partial charge in [0.05, 0.1) is 11.4 Å². The van der Waals surface area contributed by atoms with Gasteiger partial charge in [0.1, 0.15) is 11.3 Å². The van der Waals surface area contributed by atoms with Crippen molar-refractivity contribution in [3.05, 3.63) is 58.8 Å². The Balaban J connectivity index is 1.24. The summed E-state index contributed by atoms with van der Waals surface area (Å²) >= 11 is 3.17. The molecule has 1 amide bonds. The predicted molar refractivity (Wildman–Crippen MR) is 103 cm³/mol. The quantitative estimate of drug-likeness (QED) is 0.532. The number of hydrogen-bond donors (Lipinski definition) is 1. The molecule has 0 saturated carbocycles. The summed E-state index contributed by atoms with van der Waals surface area (Å²) in [7, 11) is 0. The van der Waals surface area contributed by atoms with Crippen LogP contribution in [0.4, 0.5) is 0 Å². The van der Waals surface area contributed by atoms with Crippen LogP contribution >= 0.6 is 22.7 Å². The van der Waals surface area contributed by atoms with Crippen LogP contribution in [0.15, 0.2) is 47.4 Å². The van der Waals surface area contributed by atoms with E-state index >= 15 is 0 Å². The first-order valence-electron chi connectivity index (χ1n) is 8.32. The van der Waals surface area contributed by atoms with Gasteiger partial charge >= 0.3 is 0 Å². The molecule has 132 valence electrons. The molecule has 1 aromatic carbocycles. The number of hydrogen-bond acceptors (Lipinski definition) is 6. The summed E-state index contributed by atoms with van der Waals surface area (Å²) in [6.45, 7) is 0.594. The third-order valence-corrected chi connectivity index (χ3v) is 5.79. The maximum Gasteiger partial charge on any atom is 0.220 e. The second-order valence-electron chi connectivity index (χ2n) is 5.79. The number of nitrogens with zero attached hydrogens (tertiary/aromatic N) is 4. The van der Waals surface area contributed by atoms with E-state index in [9.17, 15) is 4.79 Å². The fourth-order valence-electron chi connectivity index (χ4n) is 2.64. The van der Waals surface area contributed by atoms with E-state index in [2.05, 4.69) is 20.4 Å². The van der Waals surface area contributed by atoms with Crippen LogP contribution in [0.2, 0.25) is 0 Å². The first-order valence-corrected chi connectivity index (χ1v) is 10.1. The lowest BCUT2D eigenvalue weighted by atomic mass is 10.2. The Bertz CT molecular complexity index is 1000. The number of thiazole rings is 2. The smallest absolute Gasteiger partial charge is 0.220 e. The maximum absolute atomic E-state index is 12.1. The lowest BCUT2D eigenvalue weighted by molar-refractivity contribution is -0.121. The molecule has 0 spiro atoms. The van der Waals surface area contributed by atoms with E-state index in [1.54, 1.807) is 29.0 Å². The summed E-state index contributed by atoms with van der Waals surface area (Å²) in [6.07, 6.45) is 3.39. The molecule has 8 heteroatoms. The zero-order chi connectivity index (χ0) is 17.8. The van der Waals surface area contributed by atoms with Gasteiger partial charge in [-0.25, -0.2) is 14.5 Å². The molecule has 0 bridgehead atoms. The largest absolute Gasteiger partial charge is 0.356 e. The van der Waals surface area contributed by atoms with Gasteiger partial charge < -0.3 is 5.32 Å². The number of fused-ring (bicyclic) bond motifs is 1. The van der Waals surface area contributed by atoms with Crippen LogP contribution in [-0.2, 0) is 17.6 Å². The highest BCUT2D eigenvalue weighted by Gasteiger charge is 2.09. The van der Waals surface area contributed by atoms with Gasteiger partial charge in [-0.2, -0.15) is 5.10 Å². The summed E-state index contributed by atoms with van der Waals surface area (Å²) in [4.78, 5) is 21.7. The zero-order valence-corrected chi connectivity index (χ0v) is 15.6. The fourth-order valence-corrected chi connectivity index (χ4v) is 4.33. The third-order valence-electron chi connectivity index (χ3n) is 3.97. The van der Waals surface area contributed by atoms with Crippen molar-refractivity contribution >= 4 is 33.5 Å². The monoisotopic (exact) mass is 383 g/mol. The average Bonchev–Trinajstić information content (AvgIpc) is 3.39. The Hall–Kier alpha value is -2.58. The molecular weight excluding hydrogens is 366 g/mol. The van der Waals surface area contributed by atoms with Crippen LogP contribution in [-0.4, -0.2) is 32.0 Å². The molecule has 3 aromatic heterocycles. The standard InChI is InChI=1S/C18H17N5OS2/c24-16(19-9-8-15-11-26-18-20-12-21-23(15)18)7-6-14-10-25-17(22-14)13-4-2-1-3-5-13/h1-5,10-12H,6-9H2,(H,19,24). The minimum atomic E-state index is 0.0457. The molecular formula is C18H17N5OS2. The van der Waals surface area contributed by atoms with Crippen molar-refractivity contribution in [2.45, 2.75) is 19.3 Å². The lowest BCUT2D eigenvalue weighted by Crippen LogP contribution is -2.26. The molecule has 4 rings (SSSR count). The second-order valence-corrected chi connectivity index (χ2v) is 7.49. The molecule has 0 aliphatic carbocycles. The number of carbonyl (C=O) groups is 1. The van der Waals surface area contributed by atoms with Crippen LogP contribution in [0.3, 0.4) is 0 Å². The van der Waals surface area contributed by atoms with E-state index in [1.807, 2.05) is 45.6 Å². The average molecular weight is 384 g/mol. The number of carbonyl (C=O) groups excluding carboxylic acids is 1. The van der Waals surface area contributed by atoms with Crippen molar-refractivity contribution < 1.29 is 4.79 Å². The van der Waals surface area contributed by atoms with Crippen molar-refractivity contribution in [1.29, 1.82) is 0 Å². The van der Waals surface area contributed by atoms with Crippen molar-refractivity contribution in [3.8, 4) is 10.6 Å². The van der Waals surface area contributed by atoms with Gasteiger partial charge in [0.2, 0.25) is 10.9 Å². The molecule has 4 aromatic rings. The lowest BCUT2D eigenvalue weighted by Gasteiger charge is -2.03. The van der Waals surface area contributed by atoms with E-state index in [0.29, 0.717) is 19.4 Å². The van der Waals surface area contributed by atoms with E-state index in [4.69, 9.17) is 0 Å². The summed E-state index contributed by atoms with van der Waals surface area (Å²) < 4.78 is 1.82. The number of nitrogens with one attached hydrogen (secondary N) is 1. The number of aromatic nitrogens is 4. The van der Waals surface area contributed by atoms with Crippen molar-refractivity contribution in [2.24, 2.45) is 0 Å². The van der Waals surface area contributed by atoms with Gasteiger partial charge in [-0.3, -0.25) is 4.79 Å². The molecule has 0 radical (unpaired) electrons. The molecule has 6 nitrogen and oxygen atoms in total. The van der Waals surface area contributed by atoms with Gasteiger partial charge in [0.25, 0.3) is 0 Å². The van der Waals surface area contributed by atoms with E-state index < -0.39 is 0 Å². The molecule has 0 aliphatic heterocycles. The number of amides is 1. The summed E-state index contributed by atoms with van der Waals surface area (Å²) in [6, 6.07) is 10.1. The second kappa shape index (κ2) is 7.76. The van der Waals surface area contributed by atoms with Gasteiger partial charge in [-0.1, -0.05) is 30.3 Å². The predicted octanol–water partition coefficient (Wildman–Crippen LogP) is 3.21. The molecule has 0 fully saturated rings. The van der Waals surface area contributed by atoms with E-state index in [1.165, 1.54) is 0 Å². The van der Waals surface area contributed by atoms with Crippen molar-refractivity contribution in [2.75, 3.05) is 6.54 Å². The molecule has 0 unspecified atom stereocenters. The first-order chi connectivity index (χ1) is 12.8. The van der Waals surface area contributed by atoms with Crippen LogP contribution in [0.5, 0.6) is 0 Å². The maximum atomic E-state index is 12.1. The molecule has 26 heavy (non-hydrogen) atoms. The van der Waals surface area contributed by atoms with E-state index in [-0.39, 0.29) is 5.91 Å². The molecule has 0 aliphatic rings. The number of rotatable bonds is 7. The Morgan fingerprint density at radius 2 is 2.00 bits per heavy atom. The van der Waals surface area contributed by atoms with Crippen molar-refractivity contribution in [1.82, 2.24) is 24.9 Å². The first kappa shape index (κ1) is 16.9.